The van der Waals surface area contributed by atoms with Crippen LogP contribution >= 0.6 is 0 Å². The second-order valence-corrected chi connectivity index (χ2v) is 10.8. The van der Waals surface area contributed by atoms with Crippen LogP contribution in [0.2, 0.25) is 0 Å². The fourth-order valence-electron chi connectivity index (χ4n) is 5.65. The van der Waals surface area contributed by atoms with E-state index in [2.05, 4.69) is 4.90 Å². The van der Waals surface area contributed by atoms with E-state index in [1.54, 1.807) is 18.2 Å². The molecule has 226 valence electrons. The molecule has 2 aromatic carbocycles. The number of rotatable bonds is 4. The van der Waals surface area contributed by atoms with E-state index in [-0.39, 0.29) is 54.1 Å². The summed E-state index contributed by atoms with van der Waals surface area (Å²) in [4.78, 5) is 16.9. The minimum Gasteiger partial charge on any atom is -0.393 e. The highest BCUT2D eigenvalue weighted by Crippen LogP contribution is 2.37. The highest BCUT2D eigenvalue weighted by Gasteiger charge is 2.41. The lowest BCUT2D eigenvalue weighted by atomic mass is 9.89. The summed E-state index contributed by atoms with van der Waals surface area (Å²) in [5.74, 6) is -0.199. The van der Waals surface area contributed by atoms with Gasteiger partial charge in [0, 0.05) is 31.6 Å². The summed E-state index contributed by atoms with van der Waals surface area (Å²) in [6.07, 6.45) is -7.38. The lowest BCUT2D eigenvalue weighted by molar-refractivity contribution is -0.143. The molecule has 0 aromatic heterocycles. The molecule has 0 spiro atoms. The number of hydrogen-bond donors (Lipinski definition) is 1. The number of aliphatic hydroxyl groups excluding tert-OH is 1. The summed E-state index contributed by atoms with van der Waals surface area (Å²) in [6.45, 7) is 1.98. The van der Waals surface area contributed by atoms with Crippen molar-refractivity contribution in [1.29, 1.82) is 0 Å². The standard InChI is InChI=1S/C23H28F6N2O3.C6H5F/c24-22(25,26)16-7-14(8-17(10-16)23(27,28)29)13-34-20-11-18-9-15(1-4-31(18)12-20)21(33)30-5-2-19(32)3-6-30;7-6-4-2-1-3-5-6/h7-8,10,15,18-20,32H,1-6,9,11-13H2;1-5H. The number of halogens is 7. The van der Waals surface area contributed by atoms with Crippen molar-refractivity contribution in [3.63, 3.8) is 0 Å². The van der Waals surface area contributed by atoms with Crippen LogP contribution in [-0.2, 0) is 28.5 Å². The first kappa shape index (κ1) is 31.2. The average Bonchev–Trinajstić information content (AvgIpc) is 3.34. The zero-order chi connectivity index (χ0) is 29.8. The number of ether oxygens (including phenoxy) is 1. The predicted molar refractivity (Wildman–Crippen MR) is 136 cm³/mol. The minimum atomic E-state index is -4.89. The van der Waals surface area contributed by atoms with Crippen molar-refractivity contribution >= 4 is 5.91 Å². The largest absolute Gasteiger partial charge is 0.416 e. The van der Waals surface area contributed by atoms with Gasteiger partial charge in [0.15, 0.2) is 0 Å². The maximum Gasteiger partial charge on any atom is 0.416 e. The Morgan fingerprint density at radius 2 is 1.49 bits per heavy atom. The van der Waals surface area contributed by atoms with Gasteiger partial charge in [-0.15, -0.1) is 0 Å². The van der Waals surface area contributed by atoms with Crippen molar-refractivity contribution < 1.29 is 45.4 Å². The molecule has 2 aromatic rings. The third-order valence-corrected chi connectivity index (χ3v) is 7.80. The molecule has 3 fully saturated rings. The quantitative estimate of drug-likeness (QED) is 0.451. The number of amides is 1. The lowest BCUT2D eigenvalue weighted by Crippen LogP contribution is -2.47. The Kier molecular flexibility index (Phi) is 9.97. The van der Waals surface area contributed by atoms with Crippen molar-refractivity contribution in [2.24, 2.45) is 5.92 Å². The molecule has 3 aliphatic heterocycles. The van der Waals surface area contributed by atoms with E-state index in [0.29, 0.717) is 70.4 Å². The number of aliphatic hydroxyl groups is 1. The van der Waals surface area contributed by atoms with Gasteiger partial charge in [-0.25, -0.2) is 4.39 Å². The van der Waals surface area contributed by atoms with Crippen LogP contribution in [0.5, 0.6) is 0 Å². The number of hydrogen-bond acceptors (Lipinski definition) is 4. The van der Waals surface area contributed by atoms with E-state index < -0.39 is 23.5 Å². The molecule has 3 heterocycles. The first-order valence-electron chi connectivity index (χ1n) is 13.6. The van der Waals surface area contributed by atoms with Gasteiger partial charge >= 0.3 is 12.4 Å². The SMILES string of the molecule is Fc1ccccc1.O=C(C1CCN2CC(OCc3cc(C(F)(F)F)cc(C(F)(F)F)c3)CC2C1)N1CCC(O)CC1. The molecular formula is C29H33F7N2O3. The summed E-state index contributed by atoms with van der Waals surface area (Å²) >= 11 is 0. The Morgan fingerprint density at radius 3 is 2.02 bits per heavy atom. The van der Waals surface area contributed by atoms with Crippen molar-refractivity contribution in [3.8, 4) is 0 Å². The number of carbonyl (C=O) groups is 1. The molecule has 1 N–H and O–H groups in total. The molecule has 5 nitrogen and oxygen atoms in total. The third kappa shape index (κ3) is 8.65. The predicted octanol–water partition coefficient (Wildman–Crippen LogP) is 5.90. The second kappa shape index (κ2) is 13.1. The Labute approximate surface area is 233 Å². The summed E-state index contributed by atoms with van der Waals surface area (Å²) in [6, 6.07) is 9.53. The maximum absolute atomic E-state index is 13.1. The lowest BCUT2D eigenvalue weighted by Gasteiger charge is -2.38. The molecule has 0 radical (unpaired) electrons. The van der Waals surface area contributed by atoms with E-state index in [9.17, 15) is 40.6 Å². The zero-order valence-electron chi connectivity index (χ0n) is 22.3. The molecule has 3 unspecified atom stereocenters. The van der Waals surface area contributed by atoms with E-state index >= 15 is 0 Å². The van der Waals surface area contributed by atoms with Gasteiger partial charge in [-0.1, -0.05) is 18.2 Å². The van der Waals surface area contributed by atoms with Gasteiger partial charge in [0.1, 0.15) is 5.82 Å². The molecule has 3 saturated heterocycles. The molecule has 5 rings (SSSR count). The van der Waals surface area contributed by atoms with Gasteiger partial charge in [-0.05, 0) is 74.5 Å². The van der Waals surface area contributed by atoms with Crippen molar-refractivity contribution in [3.05, 3.63) is 71.0 Å². The number of alkyl halides is 6. The second-order valence-electron chi connectivity index (χ2n) is 10.8. The number of piperidine rings is 2. The van der Waals surface area contributed by atoms with Crippen molar-refractivity contribution in [1.82, 2.24) is 9.80 Å². The van der Waals surface area contributed by atoms with Gasteiger partial charge in [0.2, 0.25) is 5.91 Å². The molecule has 41 heavy (non-hydrogen) atoms. The van der Waals surface area contributed by atoms with Crippen LogP contribution in [0.15, 0.2) is 48.5 Å². The van der Waals surface area contributed by atoms with Crippen molar-refractivity contribution in [2.75, 3.05) is 26.2 Å². The van der Waals surface area contributed by atoms with E-state index in [1.165, 1.54) is 12.1 Å². The Hall–Kier alpha value is -2.70. The van der Waals surface area contributed by atoms with Crippen LogP contribution in [0, 0.1) is 11.7 Å². The number of benzene rings is 2. The van der Waals surface area contributed by atoms with E-state index in [4.69, 9.17) is 4.74 Å². The van der Waals surface area contributed by atoms with Crippen LogP contribution in [-0.4, -0.2) is 65.2 Å². The summed E-state index contributed by atoms with van der Waals surface area (Å²) < 4.78 is 96.1. The van der Waals surface area contributed by atoms with Crippen LogP contribution in [0.1, 0.15) is 48.8 Å². The van der Waals surface area contributed by atoms with Gasteiger partial charge in [-0.2, -0.15) is 26.3 Å². The summed E-state index contributed by atoms with van der Waals surface area (Å²) in [7, 11) is 0. The van der Waals surface area contributed by atoms with Gasteiger partial charge < -0.3 is 14.7 Å². The Balaban J connectivity index is 0.000000483. The van der Waals surface area contributed by atoms with Gasteiger partial charge in [-0.3, -0.25) is 9.69 Å². The van der Waals surface area contributed by atoms with Crippen LogP contribution in [0.4, 0.5) is 30.7 Å². The number of carbonyl (C=O) groups excluding carboxylic acids is 1. The van der Waals surface area contributed by atoms with Gasteiger partial charge in [0.25, 0.3) is 0 Å². The third-order valence-electron chi connectivity index (χ3n) is 7.80. The number of nitrogens with zero attached hydrogens (tertiary/aromatic N) is 2. The summed E-state index contributed by atoms with van der Waals surface area (Å²) in [5.41, 5.74) is -2.87. The first-order chi connectivity index (χ1) is 19.3. The normalized spacial score (nSPS) is 24.0. The van der Waals surface area contributed by atoms with Crippen LogP contribution < -0.4 is 0 Å². The molecule has 0 bridgehead atoms. The first-order valence-corrected chi connectivity index (χ1v) is 13.6. The monoisotopic (exact) mass is 590 g/mol. The molecule has 1 amide bonds. The van der Waals surface area contributed by atoms with Gasteiger partial charge in [0.05, 0.1) is 29.9 Å². The molecular weight excluding hydrogens is 557 g/mol. The molecule has 0 aliphatic carbocycles. The topological polar surface area (TPSA) is 53.0 Å². The van der Waals surface area contributed by atoms with Crippen molar-refractivity contribution in [2.45, 2.75) is 69.3 Å². The zero-order valence-corrected chi connectivity index (χ0v) is 22.3. The fraction of sp³-hybridized carbons (Fsp3) is 0.552. The van der Waals surface area contributed by atoms with E-state index in [1.807, 2.05) is 4.90 Å². The Morgan fingerprint density at radius 1 is 0.878 bits per heavy atom. The average molecular weight is 591 g/mol. The van der Waals surface area contributed by atoms with Crippen LogP contribution in [0.3, 0.4) is 0 Å². The molecule has 3 aliphatic rings. The highest BCUT2D eigenvalue weighted by atomic mass is 19.4. The molecule has 3 atom stereocenters. The smallest absolute Gasteiger partial charge is 0.393 e. The van der Waals surface area contributed by atoms with Crippen LogP contribution in [0.25, 0.3) is 0 Å². The fourth-order valence-corrected chi connectivity index (χ4v) is 5.65. The maximum atomic E-state index is 13.1. The number of fused-ring (bicyclic) bond motifs is 1. The Bertz CT molecular complexity index is 1120. The molecule has 12 heteroatoms. The minimum absolute atomic E-state index is 0.0929. The number of likely N-dealkylation sites (tertiary alicyclic amines) is 1. The van der Waals surface area contributed by atoms with E-state index in [0.717, 1.165) is 0 Å². The summed E-state index contributed by atoms with van der Waals surface area (Å²) in [5, 5.41) is 9.64. The highest BCUT2D eigenvalue weighted by molar-refractivity contribution is 5.79. The molecule has 0 saturated carbocycles.